The van der Waals surface area contributed by atoms with E-state index in [9.17, 15) is 5.11 Å². The summed E-state index contributed by atoms with van der Waals surface area (Å²) in [7, 11) is 1.97. The topological polar surface area (TPSA) is 36.8 Å². The van der Waals surface area contributed by atoms with Crippen molar-refractivity contribution in [2.45, 2.75) is 19.1 Å². The molecule has 0 saturated carbocycles. The van der Waals surface area contributed by atoms with Crippen molar-refractivity contribution in [1.29, 1.82) is 0 Å². The summed E-state index contributed by atoms with van der Waals surface area (Å²) in [5.74, 6) is 0. The first-order chi connectivity index (χ1) is 5.75. The molecule has 0 amide bonds. The average Bonchev–Trinajstić information content (AvgIpc) is 2.17. The Kier molecular flexibility index (Phi) is 6.28. The molecule has 0 heterocycles. The van der Waals surface area contributed by atoms with Gasteiger partial charge < -0.3 is 34.4 Å². The monoisotopic (exact) mass is 293 g/mol. The molecular formula is C10H16INO. The van der Waals surface area contributed by atoms with Crippen LogP contribution in [0.15, 0.2) is 30.3 Å². The lowest BCUT2D eigenvalue weighted by atomic mass is 10.0. The van der Waals surface area contributed by atoms with Crippen LogP contribution in [0.5, 0.6) is 0 Å². The second-order valence-electron chi connectivity index (χ2n) is 3.05. The molecule has 3 heteroatoms. The molecule has 0 saturated heterocycles. The number of halogens is 1. The van der Waals surface area contributed by atoms with Crippen LogP contribution in [0.4, 0.5) is 0 Å². The molecule has 0 bridgehead atoms. The second kappa shape index (κ2) is 6.34. The van der Waals surface area contributed by atoms with Crippen LogP contribution in [0.3, 0.4) is 0 Å². The molecule has 0 aromatic heterocycles. The van der Waals surface area contributed by atoms with Gasteiger partial charge in [0.15, 0.2) is 0 Å². The number of rotatable bonds is 3. The van der Waals surface area contributed by atoms with Gasteiger partial charge in [-0.05, 0) is 12.5 Å². The number of nitrogens with two attached hydrogens (primary N) is 1. The van der Waals surface area contributed by atoms with Gasteiger partial charge in [0.2, 0.25) is 0 Å². The van der Waals surface area contributed by atoms with Crippen molar-refractivity contribution in [2.75, 3.05) is 7.05 Å². The third kappa shape index (κ3) is 3.62. The van der Waals surface area contributed by atoms with Crippen molar-refractivity contribution < 1.29 is 34.4 Å². The highest BCUT2D eigenvalue weighted by atomic mass is 127. The van der Waals surface area contributed by atoms with Crippen molar-refractivity contribution in [3.63, 3.8) is 0 Å². The molecule has 0 unspecified atom stereocenters. The van der Waals surface area contributed by atoms with Gasteiger partial charge in [0, 0.05) is 0 Å². The van der Waals surface area contributed by atoms with E-state index in [4.69, 9.17) is 0 Å². The molecule has 3 N–H and O–H groups in total. The molecule has 0 radical (unpaired) electrons. The van der Waals surface area contributed by atoms with Crippen molar-refractivity contribution in [2.24, 2.45) is 0 Å². The summed E-state index contributed by atoms with van der Waals surface area (Å²) >= 11 is 0. The maximum absolute atomic E-state index is 9.76. The highest BCUT2D eigenvalue weighted by Crippen LogP contribution is 2.13. The minimum absolute atomic E-state index is 0. The van der Waals surface area contributed by atoms with E-state index in [1.54, 1.807) is 0 Å². The Morgan fingerprint density at radius 1 is 1.23 bits per heavy atom. The summed E-state index contributed by atoms with van der Waals surface area (Å²) in [5, 5.41) is 11.8. The first kappa shape index (κ1) is 12.9. The van der Waals surface area contributed by atoms with Gasteiger partial charge in [0.25, 0.3) is 0 Å². The van der Waals surface area contributed by atoms with E-state index in [2.05, 4.69) is 0 Å². The fraction of sp³-hybridized carbons (Fsp3) is 0.400. The third-order valence-electron chi connectivity index (χ3n) is 2.16. The molecule has 0 aliphatic carbocycles. The minimum atomic E-state index is -0.365. The lowest BCUT2D eigenvalue weighted by molar-refractivity contribution is -0.669. The molecule has 0 aliphatic heterocycles. The molecule has 0 fully saturated rings. The van der Waals surface area contributed by atoms with E-state index in [0.29, 0.717) is 0 Å². The predicted octanol–water partition coefficient (Wildman–Crippen LogP) is -2.69. The van der Waals surface area contributed by atoms with Crippen LogP contribution in [0.1, 0.15) is 18.6 Å². The lowest BCUT2D eigenvalue weighted by Crippen LogP contribution is -3.00. The number of hydrogen-bond donors (Lipinski definition) is 2. The minimum Gasteiger partial charge on any atom is -1.00 e. The largest absolute Gasteiger partial charge is 1.00 e. The standard InChI is InChI=1S/C10H15NO.HI/c1-8(11-2)10(12)9-6-4-3-5-7-9;/h3-8,10-12H,1-2H3;1H/t8-,10-;/m1./s1. The SMILES string of the molecule is C[NH2+][C@H](C)[C@@H](O)c1ccccc1.[I-]. The maximum atomic E-state index is 9.76. The molecule has 13 heavy (non-hydrogen) atoms. The van der Waals surface area contributed by atoms with Gasteiger partial charge in [-0.15, -0.1) is 0 Å². The van der Waals surface area contributed by atoms with Crippen molar-refractivity contribution in [3.8, 4) is 0 Å². The van der Waals surface area contributed by atoms with Crippen LogP contribution in [0, 0.1) is 0 Å². The fourth-order valence-electron chi connectivity index (χ4n) is 1.14. The Hall–Kier alpha value is -0.130. The lowest BCUT2D eigenvalue weighted by Gasteiger charge is -2.15. The van der Waals surface area contributed by atoms with E-state index >= 15 is 0 Å². The summed E-state index contributed by atoms with van der Waals surface area (Å²) in [6.45, 7) is 2.01. The smallest absolute Gasteiger partial charge is 0.130 e. The molecule has 1 rings (SSSR count). The zero-order valence-corrected chi connectivity index (χ0v) is 10.1. The Bertz CT molecular complexity index is 228. The van der Waals surface area contributed by atoms with Gasteiger partial charge in [-0.3, -0.25) is 0 Å². The number of quaternary nitrogens is 1. The molecule has 1 aromatic rings. The average molecular weight is 293 g/mol. The zero-order valence-electron chi connectivity index (χ0n) is 7.94. The normalized spacial score (nSPS) is 14.4. The predicted molar refractivity (Wildman–Crippen MR) is 48.7 cm³/mol. The van der Waals surface area contributed by atoms with Crippen LogP contribution in [0.25, 0.3) is 0 Å². The van der Waals surface area contributed by atoms with E-state index in [1.807, 2.05) is 49.6 Å². The van der Waals surface area contributed by atoms with Gasteiger partial charge in [0.05, 0.1) is 7.05 Å². The Morgan fingerprint density at radius 2 is 1.77 bits per heavy atom. The molecular weight excluding hydrogens is 277 g/mol. The number of aliphatic hydroxyl groups excluding tert-OH is 1. The fourth-order valence-corrected chi connectivity index (χ4v) is 1.14. The molecule has 0 aliphatic rings. The summed E-state index contributed by atoms with van der Waals surface area (Å²) in [6.07, 6.45) is -0.365. The van der Waals surface area contributed by atoms with Crippen molar-refractivity contribution in [1.82, 2.24) is 0 Å². The molecule has 2 atom stereocenters. The molecule has 1 aromatic carbocycles. The number of likely N-dealkylation sites (N-methyl/N-ethyl adjacent to an activating group) is 1. The first-order valence-corrected chi connectivity index (χ1v) is 4.28. The Morgan fingerprint density at radius 3 is 2.23 bits per heavy atom. The van der Waals surface area contributed by atoms with Crippen LogP contribution in [-0.4, -0.2) is 18.2 Å². The number of benzene rings is 1. The van der Waals surface area contributed by atoms with E-state index in [-0.39, 0.29) is 36.1 Å². The Balaban J connectivity index is 0.00000144. The number of aliphatic hydroxyl groups is 1. The molecule has 74 valence electrons. The Labute approximate surface area is 96.4 Å². The first-order valence-electron chi connectivity index (χ1n) is 4.28. The summed E-state index contributed by atoms with van der Waals surface area (Å²) < 4.78 is 0. The summed E-state index contributed by atoms with van der Waals surface area (Å²) in [6, 6.07) is 9.96. The van der Waals surface area contributed by atoms with Gasteiger partial charge in [-0.1, -0.05) is 30.3 Å². The number of hydrogen-bond acceptors (Lipinski definition) is 1. The zero-order chi connectivity index (χ0) is 8.97. The van der Waals surface area contributed by atoms with Crippen molar-refractivity contribution in [3.05, 3.63) is 35.9 Å². The van der Waals surface area contributed by atoms with Crippen LogP contribution < -0.4 is 29.3 Å². The summed E-state index contributed by atoms with van der Waals surface area (Å²) in [5.41, 5.74) is 0.989. The molecule has 2 nitrogen and oxygen atoms in total. The quantitative estimate of drug-likeness (QED) is 0.585. The van der Waals surface area contributed by atoms with Gasteiger partial charge in [-0.2, -0.15) is 0 Å². The highest BCUT2D eigenvalue weighted by Gasteiger charge is 2.16. The summed E-state index contributed by atoms with van der Waals surface area (Å²) in [4.78, 5) is 0. The van der Waals surface area contributed by atoms with Crippen LogP contribution >= 0.6 is 0 Å². The second-order valence-corrected chi connectivity index (χ2v) is 3.05. The molecule has 0 spiro atoms. The van der Waals surface area contributed by atoms with Gasteiger partial charge in [0.1, 0.15) is 12.1 Å². The third-order valence-corrected chi connectivity index (χ3v) is 2.16. The van der Waals surface area contributed by atoms with E-state index in [0.717, 1.165) is 5.56 Å². The van der Waals surface area contributed by atoms with Crippen LogP contribution in [-0.2, 0) is 0 Å². The van der Waals surface area contributed by atoms with Crippen LogP contribution in [0.2, 0.25) is 0 Å². The van der Waals surface area contributed by atoms with E-state index in [1.165, 1.54) is 0 Å². The maximum Gasteiger partial charge on any atom is 0.130 e. The van der Waals surface area contributed by atoms with Gasteiger partial charge >= 0.3 is 0 Å². The van der Waals surface area contributed by atoms with E-state index < -0.39 is 0 Å². The van der Waals surface area contributed by atoms with Crippen molar-refractivity contribution >= 4 is 0 Å². The highest BCUT2D eigenvalue weighted by molar-refractivity contribution is 5.17. The van der Waals surface area contributed by atoms with Gasteiger partial charge in [-0.25, -0.2) is 0 Å².